The van der Waals surface area contributed by atoms with Crippen molar-refractivity contribution in [2.75, 3.05) is 18.9 Å². The average Bonchev–Trinajstić information content (AvgIpc) is 1.65. The summed E-state index contributed by atoms with van der Waals surface area (Å²) < 4.78 is 13.6. The van der Waals surface area contributed by atoms with E-state index in [0.717, 1.165) is 106 Å². The van der Waals surface area contributed by atoms with Gasteiger partial charge in [0.05, 0.1) is 18.9 Å². The van der Waals surface area contributed by atoms with Gasteiger partial charge in [0, 0.05) is 171 Å². The van der Waals surface area contributed by atoms with Crippen molar-refractivity contribution in [3.05, 3.63) is 266 Å². The SMILES string of the molecule is BrCc1ccccn1.CCOC(=O)C(Cc1ccccn1)C(C)=O.CCOC(=O)CC(C)=O.Cc1[nH]nc(N)c1-c1ccccc1.Cc1nc2c(-c3ccccc3)c(C)[nH]n2c(=O)c1Cc1ccccn1.Cc1nc2c(-c3ccccc3)c(C)[nH]n2c(=S)c1Cc1ccccn1.[B][B].[Y]. The molecule has 9 heterocycles. The average molecular weight is 1480 g/mol. The number of alkyl halides is 1. The van der Waals surface area contributed by atoms with E-state index in [1.54, 1.807) is 55.3 Å². The van der Waals surface area contributed by atoms with Crippen LogP contribution in [-0.4, -0.2) is 112 Å². The van der Waals surface area contributed by atoms with E-state index in [1.807, 2.05) is 172 Å². The van der Waals surface area contributed by atoms with Gasteiger partial charge in [-0.15, -0.1) is 0 Å². The van der Waals surface area contributed by atoms with Crippen LogP contribution in [0.15, 0.2) is 193 Å². The molecule has 3 aromatic carbocycles. The Morgan fingerprint density at radius 2 is 0.960 bits per heavy atom. The van der Waals surface area contributed by atoms with Crippen LogP contribution in [0.4, 0.5) is 5.82 Å². The monoisotopic (exact) mass is 1480 g/mol. The number of carbonyl (C=O) groups is 4. The second-order valence-electron chi connectivity index (χ2n) is 21.8. The topological polar surface area (TPSA) is 276 Å². The van der Waals surface area contributed by atoms with E-state index >= 15 is 0 Å². The van der Waals surface area contributed by atoms with Gasteiger partial charge in [-0.25, -0.2) is 19.0 Å². The van der Waals surface area contributed by atoms with E-state index in [1.165, 1.54) is 13.8 Å². The van der Waals surface area contributed by atoms with Crippen molar-refractivity contribution in [3.63, 3.8) is 0 Å². The van der Waals surface area contributed by atoms with Crippen LogP contribution in [-0.2, 0) is 86.0 Å². The number of aromatic amines is 3. The number of fused-ring (bicyclic) bond motifs is 2. The molecule has 12 aromatic rings. The number of carbonyl (C=O) groups excluding carboxylic acids is 4. The number of benzene rings is 3. The second-order valence-corrected chi connectivity index (χ2v) is 22.7. The number of nitrogen functional groups attached to an aromatic ring is 1. The zero-order chi connectivity index (χ0) is 71.1. The maximum atomic E-state index is 13.0. The first-order valence-corrected chi connectivity index (χ1v) is 32.9. The number of hydrogen-bond donors (Lipinski definition) is 4. The summed E-state index contributed by atoms with van der Waals surface area (Å²) in [6.45, 7) is 16.7. The molecule has 99 heavy (non-hydrogen) atoms. The third-order valence-corrected chi connectivity index (χ3v) is 15.6. The molecule has 0 aliphatic carbocycles. The summed E-state index contributed by atoms with van der Waals surface area (Å²) in [6.07, 6.45) is 8.32. The Hall–Kier alpha value is -9.48. The van der Waals surface area contributed by atoms with Crippen LogP contribution in [0, 0.1) is 45.2 Å². The molecular weight excluding hydrogens is 1410 g/mol. The normalized spacial score (nSPS) is 10.4. The van der Waals surface area contributed by atoms with Crippen molar-refractivity contribution in [2.24, 2.45) is 5.92 Å². The fourth-order valence-electron chi connectivity index (χ4n) is 10.00. The summed E-state index contributed by atoms with van der Waals surface area (Å²) in [5.41, 5.74) is 23.6. The first-order chi connectivity index (χ1) is 47.3. The zero-order valence-electron chi connectivity index (χ0n) is 56.9. The molecule has 1 unspecified atom stereocenters. The number of aryl methyl sites for hydroxylation is 5. The minimum Gasteiger partial charge on any atom is -0.466 e. The van der Waals surface area contributed by atoms with Crippen molar-refractivity contribution in [1.29, 1.82) is 0 Å². The molecule has 0 aliphatic heterocycles. The fourth-order valence-corrected chi connectivity index (χ4v) is 10.7. The van der Waals surface area contributed by atoms with Gasteiger partial charge in [0.25, 0.3) is 5.56 Å². The number of Topliss-reactive ketones (excluding diaryl/α,β-unsaturated/α-hetero) is 2. The Balaban J connectivity index is 0.000000223. The Bertz CT molecular complexity index is 4410. The van der Waals surface area contributed by atoms with E-state index in [-0.39, 0.29) is 62.9 Å². The molecule has 0 saturated carbocycles. The quantitative estimate of drug-likeness (QED) is 0.0230. The fraction of sp³-hybridized carbons (Fsp3) is 0.230. The van der Waals surface area contributed by atoms with Crippen molar-refractivity contribution >= 4 is 84.2 Å². The first-order valence-electron chi connectivity index (χ1n) is 31.3. The summed E-state index contributed by atoms with van der Waals surface area (Å²) in [4.78, 5) is 83.0. The molecule has 20 nitrogen and oxygen atoms in total. The summed E-state index contributed by atoms with van der Waals surface area (Å²) in [5.74, 6) is -1.44. The third-order valence-electron chi connectivity index (χ3n) is 14.6. The largest absolute Gasteiger partial charge is 0.466 e. The van der Waals surface area contributed by atoms with Crippen LogP contribution in [0.1, 0.15) is 96.5 Å². The maximum Gasteiger partial charge on any atom is 0.316 e. The Labute approximate surface area is 617 Å². The van der Waals surface area contributed by atoms with Crippen LogP contribution in [0.5, 0.6) is 0 Å². The van der Waals surface area contributed by atoms with E-state index in [2.05, 4.69) is 95.5 Å². The number of ketones is 2. The Morgan fingerprint density at radius 3 is 1.35 bits per heavy atom. The van der Waals surface area contributed by atoms with Gasteiger partial charge in [0.2, 0.25) is 0 Å². The minimum absolute atomic E-state index is 0. The van der Waals surface area contributed by atoms with E-state index < -0.39 is 17.9 Å². The molecule has 12 rings (SSSR count). The van der Waals surface area contributed by atoms with Crippen molar-refractivity contribution in [1.82, 2.24) is 59.3 Å². The number of esters is 2. The molecule has 0 aliphatic rings. The number of hydrogen-bond acceptors (Lipinski definition) is 16. The predicted molar refractivity (Wildman–Crippen MR) is 392 cm³/mol. The predicted octanol–water partition coefficient (Wildman–Crippen LogP) is 13.1. The van der Waals surface area contributed by atoms with Gasteiger partial charge in [0.15, 0.2) is 17.1 Å². The molecule has 25 heteroatoms. The van der Waals surface area contributed by atoms with Gasteiger partial charge in [0.1, 0.15) is 28.5 Å². The summed E-state index contributed by atoms with van der Waals surface area (Å²) >= 11 is 9.06. The number of aromatic nitrogens is 12. The number of H-pyrrole nitrogens is 3. The van der Waals surface area contributed by atoms with Crippen molar-refractivity contribution in [3.8, 4) is 33.4 Å². The van der Waals surface area contributed by atoms with Gasteiger partial charge in [-0.2, -0.15) is 5.10 Å². The number of nitrogens with two attached hydrogens (primary N) is 1. The van der Waals surface area contributed by atoms with Crippen LogP contribution >= 0.6 is 28.1 Å². The van der Waals surface area contributed by atoms with Gasteiger partial charge >= 0.3 is 11.9 Å². The molecule has 9 aromatic heterocycles. The second kappa shape index (κ2) is 41.7. The van der Waals surface area contributed by atoms with Gasteiger partial charge in [-0.05, 0) is 128 Å². The number of halogens is 1. The van der Waals surface area contributed by atoms with Gasteiger partial charge < -0.3 is 15.2 Å². The Kier molecular flexibility index (Phi) is 33.8. The number of ether oxygens (including phenoxy) is 2. The van der Waals surface area contributed by atoms with Gasteiger partial charge in [-0.1, -0.05) is 143 Å². The van der Waals surface area contributed by atoms with E-state index in [4.69, 9.17) is 32.7 Å². The van der Waals surface area contributed by atoms with Crippen molar-refractivity contribution < 1.29 is 61.4 Å². The van der Waals surface area contributed by atoms with Gasteiger partial charge in [-0.3, -0.25) is 59.2 Å². The van der Waals surface area contributed by atoms with E-state index in [9.17, 15) is 24.0 Å². The molecule has 0 amide bonds. The van der Waals surface area contributed by atoms with Crippen LogP contribution in [0.2, 0.25) is 0 Å². The van der Waals surface area contributed by atoms with Crippen molar-refractivity contribution in [2.45, 2.75) is 93.3 Å². The van der Waals surface area contributed by atoms with E-state index in [0.29, 0.717) is 42.9 Å². The molecular formula is C74H78B2BrN13O7SY. The number of nitrogens with zero attached hydrogens (tertiary/aromatic N) is 9. The number of nitrogens with one attached hydrogen (secondary N) is 3. The summed E-state index contributed by atoms with van der Waals surface area (Å²) in [5, 5.41) is 14.2. The molecule has 0 fully saturated rings. The molecule has 0 bridgehead atoms. The molecule has 5 N–H and O–H groups in total. The first kappa shape index (κ1) is 80.2. The van der Waals surface area contributed by atoms with Crippen LogP contribution < -0.4 is 11.3 Å². The number of rotatable bonds is 16. The number of pyridine rings is 4. The summed E-state index contributed by atoms with van der Waals surface area (Å²) in [7, 11) is 8.00. The standard InChI is InChI=1S/C20H18N4O.C20H18N4S.C12H15NO3.C10H11N3.C6H6BrN.C6H10O3.B2.Y/c2*1-13-17(12-16-10-6-7-11-21-16)20(25)24-19(22-13)18(14(2)23-24)15-8-4-3-5-9-15;1-3-16-12(15)11(9(2)14)8-10-6-4-5-7-13-10;1-7-9(10(11)13-12-7)8-5-3-2-4-6-8;7-5-6-3-1-2-4-8-6;1-3-9-6(8)4-5(2)7;1-2;/h2*3-11,23H,12H2,1-2H3;4-7,11H,3,8H2,1-2H3;2-6H,1H3,(H3,11,12,13);1-4H,5H2;3-4H2,1-2H3;;. The number of anilines is 1. The van der Waals surface area contributed by atoms with Crippen LogP contribution in [0.3, 0.4) is 0 Å². The zero-order valence-corrected chi connectivity index (χ0v) is 62.1. The molecule has 503 valence electrons. The minimum atomic E-state index is -0.741. The maximum absolute atomic E-state index is 13.0. The molecule has 1 atom stereocenters. The smallest absolute Gasteiger partial charge is 0.316 e. The van der Waals surface area contributed by atoms with Crippen LogP contribution in [0.25, 0.3) is 44.7 Å². The molecule has 0 saturated heterocycles. The summed E-state index contributed by atoms with van der Waals surface area (Å²) in [6, 6.07) is 53.2. The molecule has 0 spiro atoms. The third kappa shape index (κ3) is 23.6. The Morgan fingerprint density at radius 1 is 0.556 bits per heavy atom. The molecule has 5 radical (unpaired) electrons.